The van der Waals surface area contributed by atoms with Crippen molar-refractivity contribution in [3.63, 3.8) is 0 Å². The minimum absolute atomic E-state index is 0.00678. The van der Waals surface area contributed by atoms with E-state index in [1.54, 1.807) is 13.8 Å². The molecule has 0 aliphatic rings. The molecule has 0 aliphatic carbocycles. The lowest BCUT2D eigenvalue weighted by Crippen LogP contribution is -2.12. The molecule has 6 heteroatoms. The molecule has 0 bridgehead atoms. The summed E-state index contributed by atoms with van der Waals surface area (Å²) in [5.74, 6) is 0.00678. The molecule has 1 heterocycles. The highest BCUT2D eigenvalue weighted by Gasteiger charge is 2.33. The van der Waals surface area contributed by atoms with Crippen LogP contribution in [0.15, 0.2) is 12.3 Å². The Morgan fingerprint density at radius 3 is 2.47 bits per heavy atom. The molecule has 0 atom stereocenters. The fourth-order valence-corrected chi connectivity index (χ4v) is 0.959. The van der Waals surface area contributed by atoms with Gasteiger partial charge in [0.05, 0.1) is 18.0 Å². The first-order valence-electron chi connectivity index (χ1n) is 4.30. The van der Waals surface area contributed by atoms with Crippen molar-refractivity contribution < 1.29 is 17.9 Å². The fourth-order valence-electron chi connectivity index (χ4n) is 0.959. The molecule has 2 N–H and O–H groups in total. The normalized spacial score (nSPS) is 11.9. The molecule has 0 radical (unpaired) electrons. The van der Waals surface area contributed by atoms with Crippen molar-refractivity contribution in [3.05, 3.63) is 18.0 Å². The number of ether oxygens (including phenoxy) is 1. The van der Waals surface area contributed by atoms with Crippen LogP contribution < -0.4 is 10.5 Å². The third-order valence-electron chi connectivity index (χ3n) is 1.55. The lowest BCUT2D eigenvalue weighted by atomic mass is 10.3. The lowest BCUT2D eigenvalue weighted by Gasteiger charge is -2.13. The summed E-state index contributed by atoms with van der Waals surface area (Å²) >= 11 is 0. The van der Waals surface area contributed by atoms with Gasteiger partial charge >= 0.3 is 6.18 Å². The van der Waals surface area contributed by atoms with Gasteiger partial charge in [0.15, 0.2) is 0 Å². The summed E-state index contributed by atoms with van der Waals surface area (Å²) in [7, 11) is 0. The maximum atomic E-state index is 12.3. The maximum absolute atomic E-state index is 12.3. The summed E-state index contributed by atoms with van der Waals surface area (Å²) in [6, 6.07) is 0.801. The summed E-state index contributed by atoms with van der Waals surface area (Å²) in [6.45, 7) is 3.40. The Labute approximate surface area is 85.1 Å². The molecule has 0 fully saturated rings. The zero-order chi connectivity index (χ0) is 11.6. The summed E-state index contributed by atoms with van der Waals surface area (Å²) in [5.41, 5.74) is 4.51. The van der Waals surface area contributed by atoms with Crippen LogP contribution in [0.1, 0.15) is 19.5 Å². The van der Waals surface area contributed by atoms with Crippen LogP contribution in [0.2, 0.25) is 0 Å². The van der Waals surface area contributed by atoms with Crippen molar-refractivity contribution in [2.45, 2.75) is 26.1 Å². The van der Waals surface area contributed by atoms with E-state index >= 15 is 0 Å². The van der Waals surface area contributed by atoms with Crippen LogP contribution in [-0.4, -0.2) is 11.1 Å². The molecule has 0 aromatic carbocycles. The highest BCUT2D eigenvalue weighted by molar-refractivity contribution is 5.51. The second-order valence-corrected chi connectivity index (χ2v) is 3.27. The van der Waals surface area contributed by atoms with E-state index in [4.69, 9.17) is 10.5 Å². The monoisotopic (exact) mass is 220 g/mol. The molecule has 0 amide bonds. The third kappa shape index (κ3) is 3.00. The van der Waals surface area contributed by atoms with Crippen molar-refractivity contribution in [2.24, 2.45) is 0 Å². The van der Waals surface area contributed by atoms with E-state index in [1.165, 1.54) is 0 Å². The van der Waals surface area contributed by atoms with Gasteiger partial charge in [-0.2, -0.15) is 13.2 Å². The summed E-state index contributed by atoms with van der Waals surface area (Å²) < 4.78 is 42.0. The van der Waals surface area contributed by atoms with E-state index in [0.29, 0.717) is 0 Å². The third-order valence-corrected chi connectivity index (χ3v) is 1.55. The molecule has 0 saturated carbocycles. The number of rotatable bonds is 2. The number of nitrogens with zero attached hydrogens (tertiary/aromatic N) is 1. The van der Waals surface area contributed by atoms with Gasteiger partial charge in [-0.3, -0.25) is 0 Å². The van der Waals surface area contributed by atoms with Crippen molar-refractivity contribution in [1.82, 2.24) is 4.98 Å². The highest BCUT2D eigenvalue weighted by Crippen LogP contribution is 2.32. The molecule has 84 valence electrons. The summed E-state index contributed by atoms with van der Waals surface area (Å²) in [5, 5.41) is 0. The number of nitrogen functional groups attached to an aromatic ring is 1. The van der Waals surface area contributed by atoms with E-state index in [1.807, 2.05) is 0 Å². The van der Waals surface area contributed by atoms with Gasteiger partial charge in [0, 0.05) is 6.07 Å². The zero-order valence-electron chi connectivity index (χ0n) is 8.30. The van der Waals surface area contributed by atoms with E-state index in [2.05, 4.69) is 4.98 Å². The van der Waals surface area contributed by atoms with E-state index in [9.17, 15) is 13.2 Å². The van der Waals surface area contributed by atoms with Crippen LogP contribution in [0.5, 0.6) is 5.75 Å². The first-order chi connectivity index (χ1) is 6.80. The molecule has 1 aromatic rings. The number of pyridine rings is 1. The first-order valence-corrected chi connectivity index (χ1v) is 4.30. The summed E-state index contributed by atoms with van der Waals surface area (Å²) in [6.07, 6.45) is -3.78. The molecule has 1 aromatic heterocycles. The standard InChI is InChI=1S/C9H11F3N2O/c1-5(2)15-7-3-8(9(10,11)12)14-4-6(7)13/h3-5H,13H2,1-2H3. The quantitative estimate of drug-likeness (QED) is 0.832. The molecular formula is C9H11F3N2O. The van der Waals surface area contributed by atoms with Crippen LogP contribution in [-0.2, 0) is 6.18 Å². The number of aromatic nitrogens is 1. The van der Waals surface area contributed by atoms with Crippen molar-refractivity contribution in [2.75, 3.05) is 5.73 Å². The molecule has 0 spiro atoms. The van der Waals surface area contributed by atoms with Crippen molar-refractivity contribution in [3.8, 4) is 5.75 Å². The number of halogens is 3. The van der Waals surface area contributed by atoms with Gasteiger partial charge in [-0.1, -0.05) is 0 Å². The van der Waals surface area contributed by atoms with Crippen molar-refractivity contribution in [1.29, 1.82) is 0 Å². The Morgan fingerprint density at radius 1 is 1.40 bits per heavy atom. The number of anilines is 1. The van der Waals surface area contributed by atoms with E-state index in [-0.39, 0.29) is 17.5 Å². The largest absolute Gasteiger partial charge is 0.489 e. The van der Waals surface area contributed by atoms with Gasteiger partial charge in [0.2, 0.25) is 0 Å². The number of nitrogens with two attached hydrogens (primary N) is 1. The molecule has 1 rings (SSSR count). The smallest absolute Gasteiger partial charge is 0.433 e. The minimum Gasteiger partial charge on any atom is -0.489 e. The van der Waals surface area contributed by atoms with Gasteiger partial charge in [-0.25, -0.2) is 4.98 Å². The van der Waals surface area contributed by atoms with Crippen LogP contribution in [0.4, 0.5) is 18.9 Å². The van der Waals surface area contributed by atoms with Crippen molar-refractivity contribution >= 4 is 5.69 Å². The van der Waals surface area contributed by atoms with Gasteiger partial charge in [-0.05, 0) is 13.8 Å². The SMILES string of the molecule is CC(C)Oc1cc(C(F)(F)F)ncc1N. The van der Waals surface area contributed by atoms with Crippen LogP contribution >= 0.6 is 0 Å². The van der Waals surface area contributed by atoms with E-state index < -0.39 is 11.9 Å². The van der Waals surface area contributed by atoms with E-state index in [0.717, 1.165) is 12.3 Å². The Kier molecular flexibility index (Phi) is 3.06. The Hall–Kier alpha value is -1.46. The average Bonchev–Trinajstić information content (AvgIpc) is 2.06. The number of alkyl halides is 3. The first kappa shape index (κ1) is 11.6. The molecule has 15 heavy (non-hydrogen) atoms. The molecule has 0 saturated heterocycles. The maximum Gasteiger partial charge on any atom is 0.433 e. The molecular weight excluding hydrogens is 209 g/mol. The summed E-state index contributed by atoms with van der Waals surface area (Å²) in [4.78, 5) is 3.19. The van der Waals surface area contributed by atoms with Gasteiger partial charge in [-0.15, -0.1) is 0 Å². The number of hydrogen-bond donors (Lipinski definition) is 1. The predicted molar refractivity (Wildman–Crippen MR) is 49.4 cm³/mol. The molecule has 3 nitrogen and oxygen atoms in total. The Balaban J connectivity index is 3.06. The fraction of sp³-hybridized carbons (Fsp3) is 0.444. The van der Waals surface area contributed by atoms with Crippen LogP contribution in [0, 0.1) is 0 Å². The molecule has 0 unspecified atom stereocenters. The second-order valence-electron chi connectivity index (χ2n) is 3.27. The lowest BCUT2D eigenvalue weighted by molar-refractivity contribution is -0.141. The second kappa shape index (κ2) is 3.96. The Bertz CT molecular complexity index is 350. The molecule has 0 aliphatic heterocycles. The zero-order valence-corrected chi connectivity index (χ0v) is 8.30. The number of hydrogen-bond acceptors (Lipinski definition) is 3. The van der Waals surface area contributed by atoms with Gasteiger partial charge < -0.3 is 10.5 Å². The topological polar surface area (TPSA) is 48.1 Å². The van der Waals surface area contributed by atoms with Gasteiger partial charge in [0.25, 0.3) is 0 Å². The Morgan fingerprint density at radius 2 is 2.00 bits per heavy atom. The minimum atomic E-state index is -4.48. The van der Waals surface area contributed by atoms with Gasteiger partial charge in [0.1, 0.15) is 11.4 Å². The average molecular weight is 220 g/mol. The predicted octanol–water partition coefficient (Wildman–Crippen LogP) is 2.47. The van der Waals surface area contributed by atoms with Crippen LogP contribution in [0.25, 0.3) is 0 Å². The van der Waals surface area contributed by atoms with Crippen LogP contribution in [0.3, 0.4) is 0 Å². The highest BCUT2D eigenvalue weighted by atomic mass is 19.4.